The van der Waals surface area contributed by atoms with E-state index in [-0.39, 0.29) is 28.6 Å². The number of benzene rings is 2. The number of anilines is 1. The zero-order valence-corrected chi connectivity index (χ0v) is 16.0. The molecule has 0 bridgehead atoms. The highest BCUT2D eigenvalue weighted by Gasteiger charge is 2.24. The zero-order chi connectivity index (χ0) is 21.4. The van der Waals surface area contributed by atoms with Crippen LogP contribution in [0.4, 0.5) is 14.9 Å². The second-order valence-electron chi connectivity index (χ2n) is 6.99. The Morgan fingerprint density at radius 3 is 2.67 bits per heavy atom. The Labute approximate surface area is 170 Å². The maximum Gasteiger partial charge on any atom is 0.319 e. The number of hydrogen-bond acceptors (Lipinski definition) is 5. The zero-order valence-electron chi connectivity index (χ0n) is 16.0. The summed E-state index contributed by atoms with van der Waals surface area (Å²) in [6.45, 7) is 0. The van der Waals surface area contributed by atoms with Crippen molar-refractivity contribution in [2.45, 2.75) is 18.9 Å². The van der Waals surface area contributed by atoms with E-state index in [0.29, 0.717) is 16.5 Å². The number of phenolic OH excluding ortho intramolecular Hbond substituents is 1. The Morgan fingerprint density at radius 1 is 1.23 bits per heavy atom. The Morgan fingerprint density at radius 2 is 2.00 bits per heavy atom. The van der Waals surface area contributed by atoms with Gasteiger partial charge in [-0.3, -0.25) is 9.78 Å². The van der Waals surface area contributed by atoms with E-state index >= 15 is 0 Å². The first-order valence-corrected chi connectivity index (χ1v) is 9.25. The summed E-state index contributed by atoms with van der Waals surface area (Å²) < 4.78 is 20.0. The molecule has 3 aromatic rings. The quantitative estimate of drug-likeness (QED) is 0.514. The van der Waals surface area contributed by atoms with Gasteiger partial charge in [-0.15, -0.1) is 0 Å². The van der Waals surface area contributed by atoms with Crippen LogP contribution in [0.1, 0.15) is 23.2 Å². The molecule has 1 aliphatic rings. The van der Waals surface area contributed by atoms with Gasteiger partial charge in [0, 0.05) is 29.3 Å². The van der Waals surface area contributed by atoms with Gasteiger partial charge in [0.25, 0.3) is 5.91 Å². The van der Waals surface area contributed by atoms with Crippen LogP contribution in [0, 0.1) is 5.82 Å². The number of aromatic hydroxyl groups is 1. The van der Waals surface area contributed by atoms with Crippen molar-refractivity contribution in [3.63, 3.8) is 0 Å². The molecular formula is C21H19FN4O4. The average Bonchev–Trinajstić information content (AvgIpc) is 3.54. The van der Waals surface area contributed by atoms with E-state index in [9.17, 15) is 19.1 Å². The van der Waals surface area contributed by atoms with Crippen LogP contribution in [0.2, 0.25) is 0 Å². The first-order chi connectivity index (χ1) is 14.4. The number of pyridine rings is 1. The number of carbonyl (C=O) groups excluding carboxylic acids is 2. The van der Waals surface area contributed by atoms with Crippen molar-refractivity contribution in [1.29, 1.82) is 0 Å². The Hall–Kier alpha value is -3.88. The van der Waals surface area contributed by atoms with Crippen LogP contribution in [0.5, 0.6) is 11.5 Å². The molecule has 0 aliphatic heterocycles. The Kier molecular flexibility index (Phi) is 4.86. The highest BCUT2D eigenvalue weighted by Crippen LogP contribution is 2.39. The van der Waals surface area contributed by atoms with Gasteiger partial charge in [-0.1, -0.05) is 0 Å². The van der Waals surface area contributed by atoms with Crippen LogP contribution in [-0.2, 0) is 0 Å². The summed E-state index contributed by atoms with van der Waals surface area (Å²) >= 11 is 0. The predicted molar refractivity (Wildman–Crippen MR) is 109 cm³/mol. The fourth-order valence-corrected chi connectivity index (χ4v) is 3.22. The van der Waals surface area contributed by atoms with Crippen LogP contribution in [0.3, 0.4) is 0 Å². The van der Waals surface area contributed by atoms with Crippen molar-refractivity contribution < 1.29 is 23.8 Å². The number of ether oxygens (including phenoxy) is 1. The SMILES string of the molecule is COc1cc2nccc(-c3ccc(NC(=O)NC4CC4)c(F)c3O)c2cc1C(N)=O. The molecule has 1 aliphatic carbocycles. The van der Waals surface area contributed by atoms with Crippen LogP contribution in [0.15, 0.2) is 36.5 Å². The second-order valence-corrected chi connectivity index (χ2v) is 6.99. The number of fused-ring (bicyclic) bond motifs is 1. The minimum Gasteiger partial charge on any atom is -0.504 e. The molecule has 154 valence electrons. The van der Waals surface area contributed by atoms with Gasteiger partial charge in [-0.2, -0.15) is 0 Å². The molecule has 1 heterocycles. The van der Waals surface area contributed by atoms with Gasteiger partial charge in [0.05, 0.1) is 23.9 Å². The first kappa shape index (κ1) is 19.4. The standard InChI is InChI=1S/C21H19FN4O4/c1-30-17-9-16-13(8-14(17)20(23)28)11(6-7-24-16)12-4-5-15(18(22)19(12)27)26-21(29)25-10-2-3-10/h4-10,27H,2-3H2,1H3,(H2,23,28)(H2,25,26,29). The number of rotatable bonds is 5. The number of hydrogen-bond donors (Lipinski definition) is 4. The molecule has 9 heteroatoms. The number of urea groups is 1. The van der Waals surface area contributed by atoms with Gasteiger partial charge in [0.2, 0.25) is 0 Å². The minimum atomic E-state index is -0.966. The lowest BCUT2D eigenvalue weighted by Gasteiger charge is -2.14. The van der Waals surface area contributed by atoms with Crippen LogP contribution < -0.4 is 21.1 Å². The normalized spacial score (nSPS) is 13.1. The third-order valence-corrected chi connectivity index (χ3v) is 4.90. The number of phenols is 1. The van der Waals surface area contributed by atoms with E-state index in [1.807, 2.05) is 0 Å². The van der Waals surface area contributed by atoms with Gasteiger partial charge < -0.3 is 26.2 Å². The first-order valence-electron chi connectivity index (χ1n) is 9.25. The molecule has 8 nitrogen and oxygen atoms in total. The highest BCUT2D eigenvalue weighted by atomic mass is 19.1. The summed E-state index contributed by atoms with van der Waals surface area (Å²) in [5.74, 6) is -2.04. The molecule has 0 atom stereocenters. The summed E-state index contributed by atoms with van der Waals surface area (Å²) in [5.41, 5.74) is 6.51. The van der Waals surface area contributed by atoms with Gasteiger partial charge in [-0.05, 0) is 42.7 Å². The minimum absolute atomic E-state index is 0.112. The molecule has 1 saturated carbocycles. The number of amides is 3. The van der Waals surface area contributed by atoms with Crippen LogP contribution in [-0.4, -0.2) is 35.2 Å². The number of aromatic nitrogens is 1. The summed E-state index contributed by atoms with van der Waals surface area (Å²) in [7, 11) is 1.41. The summed E-state index contributed by atoms with van der Waals surface area (Å²) in [6, 6.07) is 7.05. The molecule has 1 fully saturated rings. The maximum atomic E-state index is 14.8. The van der Waals surface area contributed by atoms with E-state index < -0.39 is 23.5 Å². The number of methoxy groups -OCH3 is 1. The highest BCUT2D eigenvalue weighted by molar-refractivity contribution is 6.04. The van der Waals surface area contributed by atoms with E-state index in [0.717, 1.165) is 12.8 Å². The molecule has 0 radical (unpaired) electrons. The molecule has 0 saturated heterocycles. The molecule has 5 N–H and O–H groups in total. The van der Waals surface area contributed by atoms with E-state index in [1.165, 1.54) is 31.5 Å². The maximum absolute atomic E-state index is 14.8. The molecule has 2 aromatic carbocycles. The van der Waals surface area contributed by atoms with Gasteiger partial charge in [0.15, 0.2) is 11.6 Å². The van der Waals surface area contributed by atoms with Gasteiger partial charge in [0.1, 0.15) is 5.75 Å². The molecule has 0 spiro atoms. The topological polar surface area (TPSA) is 127 Å². The van der Waals surface area contributed by atoms with E-state index in [1.54, 1.807) is 12.1 Å². The Balaban J connectivity index is 1.78. The van der Waals surface area contributed by atoms with Crippen molar-refractivity contribution in [2.75, 3.05) is 12.4 Å². The number of nitrogens with zero attached hydrogens (tertiary/aromatic N) is 1. The summed E-state index contributed by atoms with van der Waals surface area (Å²) in [5, 5.41) is 16.1. The molecule has 3 amide bonds. The third-order valence-electron chi connectivity index (χ3n) is 4.90. The molecule has 4 rings (SSSR count). The van der Waals surface area contributed by atoms with Crippen molar-refractivity contribution in [2.24, 2.45) is 5.73 Å². The average molecular weight is 410 g/mol. The van der Waals surface area contributed by atoms with Crippen molar-refractivity contribution >= 4 is 28.5 Å². The van der Waals surface area contributed by atoms with Gasteiger partial charge >= 0.3 is 6.03 Å². The number of nitrogens with two attached hydrogens (primary N) is 1. The lowest BCUT2D eigenvalue weighted by molar-refractivity contribution is 0.0997. The lowest BCUT2D eigenvalue weighted by Crippen LogP contribution is -2.30. The smallest absolute Gasteiger partial charge is 0.319 e. The molecule has 1 aromatic heterocycles. The van der Waals surface area contributed by atoms with Crippen molar-refractivity contribution in [3.05, 3.63) is 47.9 Å². The summed E-state index contributed by atoms with van der Waals surface area (Å²) in [4.78, 5) is 27.9. The number of nitrogens with one attached hydrogen (secondary N) is 2. The predicted octanol–water partition coefficient (Wildman–Crippen LogP) is 3.14. The largest absolute Gasteiger partial charge is 0.504 e. The van der Waals surface area contributed by atoms with Crippen molar-refractivity contribution in [3.8, 4) is 22.6 Å². The van der Waals surface area contributed by atoms with Gasteiger partial charge in [-0.25, -0.2) is 9.18 Å². The van der Waals surface area contributed by atoms with Crippen molar-refractivity contribution in [1.82, 2.24) is 10.3 Å². The Bertz CT molecular complexity index is 1180. The number of primary amides is 1. The monoisotopic (exact) mass is 410 g/mol. The fourth-order valence-electron chi connectivity index (χ4n) is 3.22. The lowest BCUT2D eigenvalue weighted by atomic mass is 9.98. The second kappa shape index (κ2) is 7.51. The number of carbonyl (C=O) groups is 2. The van der Waals surface area contributed by atoms with Crippen LogP contribution >= 0.6 is 0 Å². The fraction of sp³-hybridized carbons (Fsp3) is 0.190. The van der Waals surface area contributed by atoms with Crippen LogP contribution in [0.25, 0.3) is 22.0 Å². The van der Waals surface area contributed by atoms with E-state index in [2.05, 4.69) is 15.6 Å². The molecular weight excluding hydrogens is 391 g/mol. The molecule has 30 heavy (non-hydrogen) atoms. The summed E-state index contributed by atoms with van der Waals surface area (Å²) in [6.07, 6.45) is 3.29. The number of halogens is 1. The molecule has 0 unspecified atom stereocenters. The third kappa shape index (κ3) is 3.57. The van der Waals surface area contributed by atoms with E-state index in [4.69, 9.17) is 10.5 Å².